The first-order valence-electron chi connectivity index (χ1n) is 3.87. The van der Waals surface area contributed by atoms with Crippen molar-refractivity contribution in [1.29, 1.82) is 0 Å². The highest BCUT2D eigenvalue weighted by Crippen LogP contribution is 1.99. The van der Waals surface area contributed by atoms with Gasteiger partial charge in [-0.3, -0.25) is 0 Å². The first kappa shape index (κ1) is 9.92. The van der Waals surface area contributed by atoms with E-state index >= 15 is 0 Å². The number of hydrogen-bond donors (Lipinski definition) is 0. The molecule has 1 unspecified atom stereocenters. The summed E-state index contributed by atoms with van der Waals surface area (Å²) in [5.41, 5.74) is 0. The monoisotopic (exact) mass is 145 g/mol. The van der Waals surface area contributed by atoms with Gasteiger partial charge < -0.3 is 9.47 Å². The molecule has 61 valence electrons. The predicted octanol–water partition coefficient (Wildman–Crippen LogP) is 2.00. The van der Waals surface area contributed by atoms with Gasteiger partial charge in [0.15, 0.2) is 6.29 Å². The SMILES string of the molecule is [CH2]CC(OCC)OCCC. The minimum atomic E-state index is -0.0926. The molecule has 0 aromatic carbocycles. The Labute approximate surface area is 63.5 Å². The highest BCUT2D eigenvalue weighted by atomic mass is 16.7. The molecule has 0 rings (SSSR count). The van der Waals surface area contributed by atoms with Gasteiger partial charge >= 0.3 is 0 Å². The molecule has 0 aromatic rings. The van der Waals surface area contributed by atoms with E-state index in [4.69, 9.17) is 9.47 Å². The van der Waals surface area contributed by atoms with Crippen LogP contribution in [0.3, 0.4) is 0 Å². The standard InChI is InChI=1S/C8H17O2/c1-4-7-10-8(5-2)9-6-3/h8H,2,4-7H2,1,3H3. The van der Waals surface area contributed by atoms with Crippen molar-refractivity contribution < 1.29 is 9.47 Å². The average Bonchev–Trinajstić information content (AvgIpc) is 1.98. The minimum Gasteiger partial charge on any atom is -0.353 e. The van der Waals surface area contributed by atoms with E-state index in [2.05, 4.69) is 13.8 Å². The second-order valence-corrected chi connectivity index (χ2v) is 2.04. The van der Waals surface area contributed by atoms with Gasteiger partial charge in [0.25, 0.3) is 0 Å². The van der Waals surface area contributed by atoms with Crippen LogP contribution in [0.5, 0.6) is 0 Å². The van der Waals surface area contributed by atoms with Gasteiger partial charge in [-0.15, -0.1) is 0 Å². The van der Waals surface area contributed by atoms with Gasteiger partial charge in [-0.1, -0.05) is 6.92 Å². The molecule has 0 aliphatic carbocycles. The first-order chi connectivity index (χ1) is 4.85. The van der Waals surface area contributed by atoms with E-state index in [9.17, 15) is 0 Å². The lowest BCUT2D eigenvalue weighted by molar-refractivity contribution is -0.136. The van der Waals surface area contributed by atoms with Gasteiger partial charge in [0.1, 0.15) is 0 Å². The summed E-state index contributed by atoms with van der Waals surface area (Å²) in [6.45, 7) is 9.20. The maximum absolute atomic E-state index is 5.30. The Kier molecular flexibility index (Phi) is 6.98. The van der Waals surface area contributed by atoms with E-state index in [-0.39, 0.29) is 6.29 Å². The van der Waals surface area contributed by atoms with E-state index in [1.165, 1.54) is 0 Å². The second kappa shape index (κ2) is 7.03. The quantitative estimate of drug-likeness (QED) is 0.532. The van der Waals surface area contributed by atoms with Crippen molar-refractivity contribution in [2.24, 2.45) is 0 Å². The summed E-state index contributed by atoms with van der Waals surface area (Å²) in [5.74, 6) is 0. The van der Waals surface area contributed by atoms with E-state index in [1.807, 2.05) is 6.92 Å². The maximum atomic E-state index is 5.30. The zero-order valence-electron chi connectivity index (χ0n) is 6.93. The molecule has 0 fully saturated rings. The van der Waals surface area contributed by atoms with Gasteiger partial charge in [-0.25, -0.2) is 0 Å². The van der Waals surface area contributed by atoms with Crippen LogP contribution in [0.2, 0.25) is 0 Å². The Bertz CT molecular complexity index is 64.3. The van der Waals surface area contributed by atoms with Gasteiger partial charge in [0.05, 0.1) is 0 Å². The van der Waals surface area contributed by atoms with Crippen molar-refractivity contribution in [1.82, 2.24) is 0 Å². The van der Waals surface area contributed by atoms with Gasteiger partial charge in [0.2, 0.25) is 0 Å². The van der Waals surface area contributed by atoms with Crippen LogP contribution in [0, 0.1) is 6.92 Å². The van der Waals surface area contributed by atoms with Crippen LogP contribution in [-0.2, 0) is 9.47 Å². The Balaban J connectivity index is 3.21. The smallest absolute Gasteiger partial charge is 0.157 e. The highest BCUT2D eigenvalue weighted by Gasteiger charge is 2.02. The van der Waals surface area contributed by atoms with Crippen molar-refractivity contribution in [2.45, 2.75) is 33.0 Å². The zero-order chi connectivity index (χ0) is 7.82. The molecule has 0 aromatic heterocycles. The minimum absolute atomic E-state index is 0.0926. The third-order valence-corrected chi connectivity index (χ3v) is 1.10. The van der Waals surface area contributed by atoms with E-state index < -0.39 is 0 Å². The predicted molar refractivity (Wildman–Crippen MR) is 41.6 cm³/mol. The van der Waals surface area contributed by atoms with Crippen molar-refractivity contribution in [3.05, 3.63) is 6.92 Å². The van der Waals surface area contributed by atoms with E-state index in [1.54, 1.807) is 0 Å². The molecular formula is C8H17O2. The Morgan fingerprint density at radius 1 is 1.30 bits per heavy atom. The number of hydrogen-bond acceptors (Lipinski definition) is 2. The van der Waals surface area contributed by atoms with Crippen LogP contribution < -0.4 is 0 Å². The van der Waals surface area contributed by atoms with Gasteiger partial charge in [0, 0.05) is 13.2 Å². The molecule has 1 atom stereocenters. The first-order valence-corrected chi connectivity index (χ1v) is 3.87. The van der Waals surface area contributed by atoms with Crippen LogP contribution in [0.1, 0.15) is 26.7 Å². The third kappa shape index (κ3) is 4.77. The molecule has 0 aliphatic rings. The molecule has 0 heterocycles. The summed E-state index contributed by atoms with van der Waals surface area (Å²) in [7, 11) is 0. The summed E-state index contributed by atoms with van der Waals surface area (Å²) >= 11 is 0. The van der Waals surface area contributed by atoms with Crippen LogP contribution in [0.25, 0.3) is 0 Å². The fraction of sp³-hybridized carbons (Fsp3) is 0.875. The molecule has 2 nitrogen and oxygen atoms in total. The fourth-order valence-electron chi connectivity index (χ4n) is 0.650. The summed E-state index contributed by atoms with van der Waals surface area (Å²) in [4.78, 5) is 0. The molecule has 0 N–H and O–H groups in total. The van der Waals surface area contributed by atoms with Crippen molar-refractivity contribution in [3.63, 3.8) is 0 Å². The van der Waals surface area contributed by atoms with Gasteiger partial charge in [-0.2, -0.15) is 0 Å². The molecule has 0 bridgehead atoms. The van der Waals surface area contributed by atoms with Gasteiger partial charge in [-0.05, 0) is 26.7 Å². The molecule has 0 spiro atoms. The normalized spacial score (nSPS) is 13.5. The Morgan fingerprint density at radius 3 is 2.40 bits per heavy atom. The number of ether oxygens (including phenoxy) is 2. The van der Waals surface area contributed by atoms with Crippen LogP contribution in [-0.4, -0.2) is 19.5 Å². The molecule has 1 radical (unpaired) electrons. The molecule has 10 heavy (non-hydrogen) atoms. The Hall–Kier alpha value is -0.0800. The van der Waals surface area contributed by atoms with Crippen molar-refractivity contribution in [3.8, 4) is 0 Å². The van der Waals surface area contributed by atoms with Crippen LogP contribution in [0.15, 0.2) is 0 Å². The maximum Gasteiger partial charge on any atom is 0.157 e. The average molecular weight is 145 g/mol. The lowest BCUT2D eigenvalue weighted by Gasteiger charge is -2.14. The molecular weight excluding hydrogens is 128 g/mol. The lowest BCUT2D eigenvalue weighted by Crippen LogP contribution is -2.16. The molecule has 0 saturated heterocycles. The van der Waals surface area contributed by atoms with E-state index in [0.717, 1.165) is 13.0 Å². The second-order valence-electron chi connectivity index (χ2n) is 2.04. The molecule has 0 amide bonds. The summed E-state index contributed by atoms with van der Waals surface area (Å²) in [6.07, 6.45) is 1.63. The van der Waals surface area contributed by atoms with Crippen molar-refractivity contribution >= 4 is 0 Å². The van der Waals surface area contributed by atoms with Crippen molar-refractivity contribution in [2.75, 3.05) is 13.2 Å². The summed E-state index contributed by atoms with van der Waals surface area (Å²) in [6, 6.07) is 0. The third-order valence-electron chi connectivity index (χ3n) is 1.10. The fourth-order valence-corrected chi connectivity index (χ4v) is 0.650. The molecule has 0 saturated carbocycles. The lowest BCUT2D eigenvalue weighted by atomic mass is 10.4. The topological polar surface area (TPSA) is 18.5 Å². The van der Waals surface area contributed by atoms with Crippen LogP contribution >= 0.6 is 0 Å². The Morgan fingerprint density at radius 2 is 2.00 bits per heavy atom. The highest BCUT2D eigenvalue weighted by molar-refractivity contribution is 4.45. The van der Waals surface area contributed by atoms with Crippen LogP contribution in [0.4, 0.5) is 0 Å². The van der Waals surface area contributed by atoms with E-state index in [0.29, 0.717) is 13.0 Å². The molecule has 0 aliphatic heterocycles. The summed E-state index contributed by atoms with van der Waals surface area (Å²) < 4.78 is 10.5. The zero-order valence-corrected chi connectivity index (χ0v) is 6.93. The summed E-state index contributed by atoms with van der Waals surface area (Å²) in [5, 5.41) is 0. The molecule has 2 heteroatoms. The largest absolute Gasteiger partial charge is 0.353 e. The number of rotatable bonds is 6.